The molecule has 0 aromatic heterocycles. The number of anilines is 1. The number of aromatic hydroxyl groups is 1. The number of methoxy groups -OCH3 is 1. The minimum absolute atomic E-state index is 0.0498. The molecule has 11 nitrogen and oxygen atoms in total. The van der Waals surface area contributed by atoms with Gasteiger partial charge in [-0.25, -0.2) is 8.42 Å². The first-order valence-corrected chi connectivity index (χ1v) is 10.3. The number of nitrogens with one attached hydrogen (secondary N) is 1. The van der Waals surface area contributed by atoms with Crippen LogP contribution in [-0.4, -0.2) is 62.4 Å². The summed E-state index contributed by atoms with van der Waals surface area (Å²) in [5.41, 5.74) is 2.63. The van der Waals surface area contributed by atoms with Crippen molar-refractivity contribution in [3.63, 3.8) is 0 Å². The van der Waals surface area contributed by atoms with Crippen molar-refractivity contribution in [2.75, 3.05) is 38.8 Å². The Morgan fingerprint density at radius 3 is 2.67 bits per heavy atom. The Morgan fingerprint density at radius 1 is 1.27 bits per heavy atom. The maximum atomic E-state index is 13.1. The van der Waals surface area contributed by atoms with E-state index in [0.717, 1.165) is 6.07 Å². The average Bonchev–Trinajstić information content (AvgIpc) is 2.75. The molecule has 2 aromatic rings. The lowest BCUT2D eigenvalue weighted by atomic mass is 10.2. The second-order valence-corrected chi connectivity index (χ2v) is 8.16. The van der Waals surface area contributed by atoms with Gasteiger partial charge in [0.15, 0.2) is 0 Å². The van der Waals surface area contributed by atoms with E-state index >= 15 is 0 Å². The smallest absolute Gasteiger partial charge is 0.270 e. The van der Waals surface area contributed by atoms with Crippen LogP contribution in [0.1, 0.15) is 5.56 Å². The van der Waals surface area contributed by atoms with E-state index in [1.54, 1.807) is 12.1 Å². The number of phenols is 1. The SMILES string of the molecule is COc1ccc(O)c(/C=N/Nc2ccc([N+](=O)[O-])cc2S(=O)(=O)N2CCOCC2)c1. The van der Waals surface area contributed by atoms with Gasteiger partial charge in [-0.3, -0.25) is 15.5 Å². The molecule has 1 saturated heterocycles. The fourth-order valence-corrected chi connectivity index (χ4v) is 4.36. The zero-order valence-electron chi connectivity index (χ0n) is 16.0. The maximum Gasteiger partial charge on any atom is 0.270 e. The van der Waals surface area contributed by atoms with Gasteiger partial charge in [-0.1, -0.05) is 0 Å². The topological polar surface area (TPSA) is 144 Å². The zero-order chi connectivity index (χ0) is 21.7. The molecule has 0 unspecified atom stereocenters. The molecule has 0 bridgehead atoms. The first kappa shape index (κ1) is 21.5. The fourth-order valence-electron chi connectivity index (χ4n) is 2.79. The number of hydrazone groups is 1. The molecule has 0 saturated carbocycles. The molecule has 3 rings (SSSR count). The number of rotatable bonds is 7. The van der Waals surface area contributed by atoms with Gasteiger partial charge in [0.1, 0.15) is 16.4 Å². The molecule has 1 aliphatic rings. The van der Waals surface area contributed by atoms with Gasteiger partial charge in [0, 0.05) is 30.8 Å². The van der Waals surface area contributed by atoms with Crippen LogP contribution >= 0.6 is 0 Å². The molecule has 0 aliphatic carbocycles. The van der Waals surface area contributed by atoms with Crippen molar-refractivity contribution in [1.82, 2.24) is 4.31 Å². The van der Waals surface area contributed by atoms with Crippen LogP contribution in [0.15, 0.2) is 46.4 Å². The van der Waals surface area contributed by atoms with Gasteiger partial charge < -0.3 is 14.6 Å². The van der Waals surface area contributed by atoms with E-state index in [1.165, 1.54) is 35.8 Å². The van der Waals surface area contributed by atoms with Crippen molar-refractivity contribution in [1.29, 1.82) is 0 Å². The van der Waals surface area contributed by atoms with E-state index in [2.05, 4.69) is 10.5 Å². The van der Waals surface area contributed by atoms with Crippen LogP contribution in [-0.2, 0) is 14.8 Å². The average molecular weight is 436 g/mol. The predicted molar refractivity (Wildman–Crippen MR) is 109 cm³/mol. The summed E-state index contributed by atoms with van der Waals surface area (Å²) >= 11 is 0. The molecular weight excluding hydrogens is 416 g/mol. The zero-order valence-corrected chi connectivity index (χ0v) is 16.8. The highest BCUT2D eigenvalue weighted by molar-refractivity contribution is 7.89. The molecule has 0 amide bonds. The standard InChI is InChI=1S/C18H20N4O7S/c1-28-15-3-5-17(23)13(10-15)12-19-20-16-4-2-14(22(24)25)11-18(16)30(26,27)21-6-8-29-9-7-21/h2-5,10-12,20,23H,6-9H2,1H3/b19-12+. The Kier molecular flexibility index (Phi) is 6.50. The molecule has 12 heteroatoms. The minimum Gasteiger partial charge on any atom is -0.507 e. The Balaban J connectivity index is 1.93. The number of morpholine rings is 1. The molecule has 1 fully saturated rings. The van der Waals surface area contributed by atoms with Crippen LogP contribution in [0.4, 0.5) is 11.4 Å². The summed E-state index contributed by atoms with van der Waals surface area (Å²) in [5, 5.41) is 25.0. The van der Waals surface area contributed by atoms with E-state index in [1.807, 2.05) is 0 Å². The summed E-state index contributed by atoms with van der Waals surface area (Å²) in [6, 6.07) is 7.99. The quantitative estimate of drug-likeness (QED) is 0.380. The highest BCUT2D eigenvalue weighted by Crippen LogP contribution is 2.29. The summed E-state index contributed by atoms with van der Waals surface area (Å²) in [6.07, 6.45) is 1.28. The number of ether oxygens (including phenoxy) is 2. The molecule has 2 aromatic carbocycles. The summed E-state index contributed by atoms with van der Waals surface area (Å²) < 4.78 is 37.6. The van der Waals surface area contributed by atoms with Crippen molar-refractivity contribution in [3.05, 3.63) is 52.1 Å². The minimum atomic E-state index is -4.02. The van der Waals surface area contributed by atoms with Gasteiger partial charge in [0.2, 0.25) is 10.0 Å². The van der Waals surface area contributed by atoms with Crippen molar-refractivity contribution >= 4 is 27.6 Å². The monoisotopic (exact) mass is 436 g/mol. The molecule has 2 N–H and O–H groups in total. The third-order valence-corrected chi connectivity index (χ3v) is 6.33. The lowest BCUT2D eigenvalue weighted by Gasteiger charge is -2.26. The second kappa shape index (κ2) is 9.07. The number of phenolic OH excluding ortho intramolecular Hbond substituents is 1. The summed E-state index contributed by atoms with van der Waals surface area (Å²) in [7, 11) is -2.54. The first-order chi connectivity index (χ1) is 14.3. The third-order valence-electron chi connectivity index (χ3n) is 4.39. The lowest BCUT2D eigenvalue weighted by Crippen LogP contribution is -2.40. The molecule has 1 heterocycles. The van der Waals surface area contributed by atoms with E-state index in [4.69, 9.17) is 9.47 Å². The Hall–Kier alpha value is -3.22. The predicted octanol–water partition coefficient (Wildman–Crippen LogP) is 1.78. The van der Waals surface area contributed by atoms with Crippen molar-refractivity contribution in [3.8, 4) is 11.5 Å². The normalized spacial score (nSPS) is 15.2. The highest BCUT2D eigenvalue weighted by Gasteiger charge is 2.30. The van der Waals surface area contributed by atoms with Crippen molar-refractivity contribution in [2.45, 2.75) is 4.90 Å². The fraction of sp³-hybridized carbons (Fsp3) is 0.278. The van der Waals surface area contributed by atoms with E-state index in [9.17, 15) is 23.6 Å². The Morgan fingerprint density at radius 2 is 2.00 bits per heavy atom. The van der Waals surface area contributed by atoms with Crippen LogP contribution in [0.5, 0.6) is 11.5 Å². The highest BCUT2D eigenvalue weighted by atomic mass is 32.2. The number of sulfonamides is 1. The Bertz CT molecular complexity index is 1070. The summed E-state index contributed by atoms with van der Waals surface area (Å²) in [5.74, 6) is 0.450. The van der Waals surface area contributed by atoms with Gasteiger partial charge in [0.05, 0.1) is 37.1 Å². The lowest BCUT2D eigenvalue weighted by molar-refractivity contribution is -0.385. The van der Waals surface area contributed by atoms with E-state index in [0.29, 0.717) is 11.3 Å². The number of nitrogens with zero attached hydrogens (tertiary/aromatic N) is 3. The molecular formula is C18H20N4O7S. The molecule has 30 heavy (non-hydrogen) atoms. The summed E-state index contributed by atoms with van der Waals surface area (Å²) in [6.45, 7) is 0.769. The van der Waals surface area contributed by atoms with Gasteiger partial charge >= 0.3 is 0 Å². The second-order valence-electron chi connectivity index (χ2n) is 6.25. The van der Waals surface area contributed by atoms with Crippen LogP contribution in [0, 0.1) is 10.1 Å². The number of nitro benzene ring substituents is 1. The van der Waals surface area contributed by atoms with Gasteiger partial charge in [-0.2, -0.15) is 9.41 Å². The summed E-state index contributed by atoms with van der Waals surface area (Å²) in [4.78, 5) is 10.2. The third kappa shape index (κ3) is 4.67. The van der Waals surface area contributed by atoms with Crippen molar-refractivity contribution in [2.24, 2.45) is 5.10 Å². The molecule has 0 spiro atoms. The number of hydrogen-bond acceptors (Lipinski definition) is 9. The van der Waals surface area contributed by atoms with Gasteiger partial charge in [0.25, 0.3) is 5.69 Å². The molecule has 0 atom stereocenters. The van der Waals surface area contributed by atoms with Gasteiger partial charge in [-0.15, -0.1) is 0 Å². The molecule has 0 radical (unpaired) electrons. The molecule has 160 valence electrons. The maximum absolute atomic E-state index is 13.1. The molecule has 1 aliphatic heterocycles. The van der Waals surface area contributed by atoms with E-state index < -0.39 is 14.9 Å². The van der Waals surface area contributed by atoms with Crippen molar-refractivity contribution < 1.29 is 27.9 Å². The number of non-ortho nitro benzene ring substituents is 1. The van der Waals surface area contributed by atoms with Crippen LogP contribution < -0.4 is 10.2 Å². The van der Waals surface area contributed by atoms with E-state index in [-0.39, 0.29) is 48.3 Å². The number of nitro groups is 1. The first-order valence-electron chi connectivity index (χ1n) is 8.85. The van der Waals surface area contributed by atoms with Crippen LogP contribution in [0.2, 0.25) is 0 Å². The van der Waals surface area contributed by atoms with Gasteiger partial charge in [-0.05, 0) is 24.3 Å². The number of benzene rings is 2. The number of hydrogen-bond donors (Lipinski definition) is 2. The van der Waals surface area contributed by atoms with Crippen LogP contribution in [0.25, 0.3) is 0 Å². The largest absolute Gasteiger partial charge is 0.507 e. The Labute approximate surface area is 172 Å². The van der Waals surface area contributed by atoms with Crippen LogP contribution in [0.3, 0.4) is 0 Å².